The predicted octanol–water partition coefficient (Wildman–Crippen LogP) is 8.54. The Bertz CT molecular complexity index is 3260. The number of amides is 6. The minimum atomic E-state index is -1.29. The summed E-state index contributed by atoms with van der Waals surface area (Å²) >= 11 is 0. The summed E-state index contributed by atoms with van der Waals surface area (Å²) in [6.07, 6.45) is 1.88. The largest absolute Gasteiger partial charge is 0.460 e. The van der Waals surface area contributed by atoms with Gasteiger partial charge in [-0.15, -0.1) is 0 Å². The zero-order chi connectivity index (χ0) is 80.6. The second-order valence-electron chi connectivity index (χ2n) is 35.2. The van der Waals surface area contributed by atoms with Crippen LogP contribution in [0.3, 0.4) is 0 Å². The summed E-state index contributed by atoms with van der Waals surface area (Å²) in [4.78, 5) is 160. The summed E-state index contributed by atoms with van der Waals surface area (Å²) in [5.41, 5.74) is -4.42. The fourth-order valence-electron chi connectivity index (χ4n) is 12.0. The average molecular weight is 1510 g/mol. The van der Waals surface area contributed by atoms with Crippen LogP contribution in [-0.2, 0) is 82.7 Å². The van der Waals surface area contributed by atoms with E-state index in [-0.39, 0.29) is 82.6 Å². The zero-order valence-corrected chi connectivity index (χ0v) is 68.4. The van der Waals surface area contributed by atoms with Crippen molar-refractivity contribution in [3.8, 4) is 0 Å². The Balaban J connectivity index is 1.52. The van der Waals surface area contributed by atoms with Crippen LogP contribution in [0.5, 0.6) is 0 Å². The molecular formula is C79H130N10O18. The molecule has 1 heterocycles. The Morgan fingerprint density at radius 3 is 1.31 bits per heavy atom. The van der Waals surface area contributed by atoms with Gasteiger partial charge in [0.15, 0.2) is 0 Å². The molecule has 2 aromatic carbocycles. The van der Waals surface area contributed by atoms with Crippen LogP contribution in [-0.4, -0.2) is 241 Å². The molecule has 28 heteroatoms. The van der Waals surface area contributed by atoms with Gasteiger partial charge >= 0.3 is 47.9 Å². The second-order valence-corrected chi connectivity index (χ2v) is 35.2. The monoisotopic (exact) mass is 1510 g/mol. The molecule has 0 spiro atoms. The molecule has 2 fully saturated rings. The molecule has 1 aliphatic heterocycles. The quantitative estimate of drug-likeness (QED) is 0.0302. The third kappa shape index (κ3) is 38.3. The molecule has 2 aliphatic rings. The number of hydrogen-bond acceptors (Lipinski definition) is 22. The lowest BCUT2D eigenvalue weighted by Gasteiger charge is -2.34. The summed E-state index contributed by atoms with van der Waals surface area (Å²) in [5.74, 6) is -4.80. The maximum Gasteiger partial charge on any atom is 0.414 e. The number of anilines is 1. The van der Waals surface area contributed by atoms with E-state index in [4.69, 9.17) is 33.2 Å². The van der Waals surface area contributed by atoms with Crippen molar-refractivity contribution >= 4 is 82.1 Å². The minimum Gasteiger partial charge on any atom is -0.460 e. The number of carbonyl (C=O) groups is 11. The molecule has 1 saturated carbocycles. The van der Waals surface area contributed by atoms with Gasteiger partial charge in [-0.05, 0) is 220 Å². The maximum absolute atomic E-state index is 14.6. The number of rotatable bonds is 28. The fraction of sp³-hybridized carbons (Fsp3) is 0.734. The molecule has 0 unspecified atom stereocenters. The van der Waals surface area contributed by atoms with Crippen molar-refractivity contribution < 1.29 is 85.9 Å². The molecule has 28 nitrogen and oxygen atoms in total. The summed E-state index contributed by atoms with van der Waals surface area (Å²) < 4.78 is 39.6. The Hall–Kier alpha value is -7.69. The van der Waals surface area contributed by atoms with E-state index in [9.17, 15) is 52.7 Å². The number of esters is 6. The lowest BCUT2D eigenvalue weighted by atomic mass is 9.81. The number of unbranched alkanes of at least 4 members (excludes halogenated alkanes) is 1. The standard InChI is InChI=1S/C79H130N10O18/c1-73(2,3)101-63(91)35-34-59(70(98)106-78(16,17)18)84-71(99)83-58(69(97)105-77(13,14)15)29-25-26-36-80-68(96)60(46-54-45-56-27-23-24-28-57(56)61(47-54)85(22)72(100)107-79(19,20)21)82-67(95)55-32-30-53(31-33-55)48-81-62(90)49-86-37-39-87(50-64(92)102-74(4,5)6)41-43-89(52-66(94)104-76(10,11)12)44-42-88(40-38-86)51-65(93)103-75(7,8)9/h23-24,27-28,45,47,53,55,58-60H,25-26,29-44,46,48-52H2,1-22H3,(H,80,96)(H,81,90)(H,82,95)(H2,83,84,99)/t53?,55?,58-,59-,60+/m0/s1. The Labute approximate surface area is 635 Å². The van der Waals surface area contributed by atoms with Crippen LogP contribution in [0.1, 0.15) is 209 Å². The SMILES string of the molecule is CN(C(=O)OC(C)(C)C)c1cc(C[C@@H](NC(=O)C2CCC(CNC(=O)CN3CCN(CC(=O)OC(C)(C)C)CCN(CC(=O)OC(C)(C)C)CCN(CC(=O)OC(C)(C)C)CC3)CC2)C(=O)NCCCC[C@H](NC(=O)N[C@@H](CCC(=O)OC(C)(C)C)C(=O)OC(C)(C)C)C(=O)OC(C)(C)C)cc2ccccc12. The number of ether oxygens (including phenoxy) is 7. The van der Waals surface area contributed by atoms with Gasteiger partial charge in [-0.3, -0.25) is 58.1 Å². The number of fused-ring (bicyclic) bond motifs is 1. The molecule has 0 aromatic heterocycles. The van der Waals surface area contributed by atoms with Crippen LogP contribution in [0.25, 0.3) is 10.8 Å². The van der Waals surface area contributed by atoms with E-state index in [0.29, 0.717) is 102 Å². The van der Waals surface area contributed by atoms with Gasteiger partial charge in [0.1, 0.15) is 57.3 Å². The molecule has 4 rings (SSSR count). The highest BCUT2D eigenvalue weighted by atomic mass is 16.6. The summed E-state index contributed by atoms with van der Waals surface area (Å²) in [5, 5.41) is 16.0. The van der Waals surface area contributed by atoms with E-state index in [1.807, 2.05) is 70.7 Å². The van der Waals surface area contributed by atoms with E-state index in [0.717, 1.165) is 10.8 Å². The first-order valence-corrected chi connectivity index (χ1v) is 37.9. The summed E-state index contributed by atoms with van der Waals surface area (Å²) in [6, 6.07) is 6.74. The molecule has 1 aliphatic carbocycles. The average Bonchev–Trinajstić information content (AvgIpc) is 0.789. The summed E-state index contributed by atoms with van der Waals surface area (Å²) in [7, 11) is 1.61. The number of hydrogen-bond donors (Lipinski definition) is 5. The zero-order valence-electron chi connectivity index (χ0n) is 68.4. The lowest BCUT2D eigenvalue weighted by molar-refractivity contribution is -0.159. The molecular weight excluding hydrogens is 1380 g/mol. The third-order valence-corrected chi connectivity index (χ3v) is 16.7. The minimum absolute atomic E-state index is 0.00365. The van der Waals surface area contributed by atoms with Crippen molar-refractivity contribution in [3.05, 3.63) is 42.0 Å². The molecule has 1 saturated heterocycles. The second kappa shape index (κ2) is 40.7. The Kier molecular flexibility index (Phi) is 34.8. The van der Waals surface area contributed by atoms with Crippen LogP contribution < -0.4 is 31.5 Å². The normalized spacial score (nSPS) is 17.6. The van der Waals surface area contributed by atoms with Gasteiger partial charge in [-0.1, -0.05) is 30.3 Å². The number of urea groups is 1. The highest BCUT2D eigenvalue weighted by Crippen LogP contribution is 2.32. The lowest BCUT2D eigenvalue weighted by Crippen LogP contribution is -2.53. The van der Waals surface area contributed by atoms with E-state index in [1.165, 1.54) is 4.90 Å². The van der Waals surface area contributed by atoms with Gasteiger partial charge in [-0.2, -0.15) is 0 Å². The molecule has 3 atom stereocenters. The van der Waals surface area contributed by atoms with Gasteiger partial charge in [0.25, 0.3) is 0 Å². The van der Waals surface area contributed by atoms with Crippen molar-refractivity contribution in [2.75, 3.05) is 104 Å². The number of benzene rings is 2. The van der Waals surface area contributed by atoms with Crippen LogP contribution in [0.2, 0.25) is 0 Å². The number of carbonyl (C=O) groups excluding carboxylic acids is 11. The predicted molar refractivity (Wildman–Crippen MR) is 409 cm³/mol. The molecule has 0 bridgehead atoms. The van der Waals surface area contributed by atoms with Crippen LogP contribution >= 0.6 is 0 Å². The highest BCUT2D eigenvalue weighted by molar-refractivity contribution is 6.02. The van der Waals surface area contributed by atoms with Gasteiger partial charge < -0.3 is 59.7 Å². The topological polar surface area (TPSA) is 329 Å². The van der Waals surface area contributed by atoms with Crippen molar-refractivity contribution in [2.24, 2.45) is 11.8 Å². The smallest absolute Gasteiger partial charge is 0.414 e. The summed E-state index contributed by atoms with van der Waals surface area (Å²) in [6.45, 7) is 40.3. The molecule has 5 N–H and O–H groups in total. The van der Waals surface area contributed by atoms with E-state index < -0.39 is 117 Å². The van der Waals surface area contributed by atoms with Gasteiger partial charge in [0.05, 0.1) is 31.9 Å². The van der Waals surface area contributed by atoms with Crippen molar-refractivity contribution in [1.29, 1.82) is 0 Å². The maximum atomic E-state index is 14.6. The van der Waals surface area contributed by atoms with Crippen LogP contribution in [0, 0.1) is 11.8 Å². The highest BCUT2D eigenvalue weighted by Gasteiger charge is 2.35. The van der Waals surface area contributed by atoms with Crippen molar-refractivity contribution in [3.63, 3.8) is 0 Å². The molecule has 604 valence electrons. The third-order valence-electron chi connectivity index (χ3n) is 16.7. The fourth-order valence-corrected chi connectivity index (χ4v) is 12.0. The first-order chi connectivity index (χ1) is 49.3. The van der Waals surface area contributed by atoms with Gasteiger partial charge in [0, 0.05) is 96.6 Å². The van der Waals surface area contributed by atoms with Gasteiger partial charge in [0.2, 0.25) is 17.7 Å². The number of nitrogens with one attached hydrogen (secondary N) is 5. The molecule has 2 aromatic rings. The Morgan fingerprint density at radius 1 is 0.458 bits per heavy atom. The van der Waals surface area contributed by atoms with E-state index in [1.54, 1.807) is 138 Å². The molecule has 0 radical (unpaired) electrons. The first kappa shape index (κ1) is 91.7. The van der Waals surface area contributed by atoms with Crippen molar-refractivity contribution in [1.82, 2.24) is 46.2 Å². The first-order valence-electron chi connectivity index (χ1n) is 37.9. The van der Waals surface area contributed by atoms with E-state index >= 15 is 0 Å². The van der Waals surface area contributed by atoms with Gasteiger partial charge in [-0.25, -0.2) is 19.2 Å². The molecule has 107 heavy (non-hydrogen) atoms. The van der Waals surface area contributed by atoms with Crippen LogP contribution in [0.4, 0.5) is 15.3 Å². The van der Waals surface area contributed by atoms with Crippen LogP contribution in [0.15, 0.2) is 36.4 Å². The number of nitrogens with zero attached hydrogens (tertiary/aromatic N) is 5. The molecule has 6 amide bonds. The van der Waals surface area contributed by atoms with E-state index in [2.05, 4.69) is 26.6 Å². The Morgan fingerprint density at radius 2 is 0.869 bits per heavy atom. The van der Waals surface area contributed by atoms with Crippen molar-refractivity contribution in [2.45, 2.75) is 267 Å².